The van der Waals surface area contributed by atoms with Crippen molar-refractivity contribution in [1.82, 2.24) is 0 Å². The van der Waals surface area contributed by atoms with Crippen LogP contribution in [0.5, 0.6) is 5.75 Å². The molecule has 0 saturated heterocycles. The molecule has 80 valence electrons. The number of ether oxygens (including phenoxy) is 1. The van der Waals surface area contributed by atoms with Gasteiger partial charge in [0.25, 0.3) is 0 Å². The highest BCUT2D eigenvalue weighted by molar-refractivity contribution is 5.38. The van der Waals surface area contributed by atoms with Gasteiger partial charge in [0.15, 0.2) is 0 Å². The lowest BCUT2D eigenvalue weighted by Crippen LogP contribution is -2.10. The van der Waals surface area contributed by atoms with E-state index in [1.54, 1.807) is 0 Å². The summed E-state index contributed by atoms with van der Waals surface area (Å²) in [6, 6.07) is 7.63. The summed E-state index contributed by atoms with van der Waals surface area (Å²) in [6.45, 7) is 5.87. The number of benzene rings is 1. The smallest absolute Gasteiger partial charge is 0.119 e. The molecule has 0 saturated carbocycles. The van der Waals surface area contributed by atoms with Crippen LogP contribution in [0.25, 0.3) is 0 Å². The first-order valence-corrected chi connectivity index (χ1v) is 5.12. The Hall–Kier alpha value is -1.46. The first-order valence-electron chi connectivity index (χ1n) is 5.12. The van der Waals surface area contributed by atoms with Crippen molar-refractivity contribution in [2.45, 2.75) is 32.9 Å². The van der Waals surface area contributed by atoms with Crippen molar-refractivity contribution in [2.75, 3.05) is 0 Å². The molecule has 0 bridgehead atoms. The van der Waals surface area contributed by atoms with Gasteiger partial charge in [-0.1, -0.05) is 11.8 Å². The molecule has 1 aromatic rings. The number of hydrogen-bond donors (Lipinski definition) is 1. The molecule has 0 aliphatic rings. The van der Waals surface area contributed by atoms with Crippen molar-refractivity contribution in [3.8, 4) is 17.6 Å². The molecule has 0 aliphatic carbocycles. The molecule has 2 heteroatoms. The third kappa shape index (κ3) is 4.53. The minimum absolute atomic E-state index is 0.0865. The highest BCUT2D eigenvalue weighted by Crippen LogP contribution is 2.12. The van der Waals surface area contributed by atoms with Gasteiger partial charge in [-0.2, -0.15) is 0 Å². The van der Waals surface area contributed by atoms with Crippen molar-refractivity contribution in [3.63, 3.8) is 0 Å². The van der Waals surface area contributed by atoms with E-state index >= 15 is 0 Å². The quantitative estimate of drug-likeness (QED) is 0.748. The minimum atomic E-state index is -0.0865. The van der Waals surface area contributed by atoms with E-state index in [4.69, 9.17) is 10.5 Å². The van der Waals surface area contributed by atoms with Gasteiger partial charge < -0.3 is 10.5 Å². The fourth-order valence-corrected chi connectivity index (χ4v) is 1.09. The van der Waals surface area contributed by atoms with Gasteiger partial charge in [-0.15, -0.1) is 0 Å². The Morgan fingerprint density at radius 3 is 2.20 bits per heavy atom. The minimum Gasteiger partial charge on any atom is -0.491 e. The Kier molecular flexibility index (Phi) is 4.20. The normalized spacial score (nSPS) is 11.8. The number of nitrogens with two attached hydrogens (primary N) is 1. The second-order valence-corrected chi connectivity index (χ2v) is 3.75. The Labute approximate surface area is 91.4 Å². The summed E-state index contributed by atoms with van der Waals surface area (Å²) in [7, 11) is 0. The van der Waals surface area contributed by atoms with Crippen LogP contribution >= 0.6 is 0 Å². The molecule has 0 heterocycles. The predicted molar refractivity (Wildman–Crippen MR) is 62.7 cm³/mol. The lowest BCUT2D eigenvalue weighted by Gasteiger charge is -2.08. The molecule has 1 unspecified atom stereocenters. The van der Waals surface area contributed by atoms with Crippen LogP contribution < -0.4 is 10.5 Å². The third-order valence-corrected chi connectivity index (χ3v) is 1.67. The lowest BCUT2D eigenvalue weighted by atomic mass is 10.2. The molecule has 0 spiro atoms. The van der Waals surface area contributed by atoms with Gasteiger partial charge in [-0.05, 0) is 45.0 Å². The van der Waals surface area contributed by atoms with Crippen LogP contribution in [0.15, 0.2) is 24.3 Å². The van der Waals surface area contributed by atoms with E-state index in [0.29, 0.717) is 0 Å². The molecule has 0 aromatic heterocycles. The van der Waals surface area contributed by atoms with Crippen molar-refractivity contribution >= 4 is 0 Å². The van der Waals surface area contributed by atoms with Gasteiger partial charge in [-0.3, -0.25) is 0 Å². The summed E-state index contributed by atoms with van der Waals surface area (Å²) in [5, 5.41) is 0. The van der Waals surface area contributed by atoms with E-state index in [0.717, 1.165) is 11.3 Å². The maximum absolute atomic E-state index is 5.54. The monoisotopic (exact) mass is 203 g/mol. The second kappa shape index (κ2) is 5.43. The molecule has 0 amide bonds. The Morgan fingerprint density at radius 1 is 1.13 bits per heavy atom. The first kappa shape index (κ1) is 11.6. The van der Waals surface area contributed by atoms with Crippen LogP contribution in [0, 0.1) is 11.8 Å². The maximum atomic E-state index is 5.54. The Balaban J connectivity index is 2.69. The van der Waals surface area contributed by atoms with E-state index in [9.17, 15) is 0 Å². The van der Waals surface area contributed by atoms with Crippen LogP contribution in [0.3, 0.4) is 0 Å². The van der Waals surface area contributed by atoms with E-state index < -0.39 is 0 Å². The average Bonchev–Trinajstić information content (AvgIpc) is 2.16. The van der Waals surface area contributed by atoms with Crippen molar-refractivity contribution in [2.24, 2.45) is 5.73 Å². The molecule has 2 N–H and O–H groups in total. The van der Waals surface area contributed by atoms with Gasteiger partial charge in [0.1, 0.15) is 5.75 Å². The van der Waals surface area contributed by atoms with E-state index in [-0.39, 0.29) is 12.1 Å². The summed E-state index contributed by atoms with van der Waals surface area (Å²) >= 11 is 0. The molecule has 1 aromatic carbocycles. The van der Waals surface area contributed by atoms with Crippen molar-refractivity contribution < 1.29 is 4.74 Å². The highest BCUT2D eigenvalue weighted by atomic mass is 16.5. The molecule has 15 heavy (non-hydrogen) atoms. The molecule has 2 nitrogen and oxygen atoms in total. The van der Waals surface area contributed by atoms with Crippen molar-refractivity contribution in [3.05, 3.63) is 29.8 Å². The summed E-state index contributed by atoms with van der Waals surface area (Å²) in [5.41, 5.74) is 6.50. The average molecular weight is 203 g/mol. The fraction of sp³-hybridized carbons (Fsp3) is 0.385. The zero-order chi connectivity index (χ0) is 11.3. The van der Waals surface area contributed by atoms with E-state index in [1.165, 1.54) is 0 Å². The molecule has 0 radical (unpaired) electrons. The zero-order valence-corrected chi connectivity index (χ0v) is 9.45. The van der Waals surface area contributed by atoms with Crippen molar-refractivity contribution in [1.29, 1.82) is 0 Å². The first-order chi connectivity index (χ1) is 7.08. The SMILES string of the molecule is CC(N)C#Cc1ccc(OC(C)C)cc1. The second-order valence-electron chi connectivity index (χ2n) is 3.75. The van der Waals surface area contributed by atoms with Crippen LogP contribution in [0.1, 0.15) is 26.3 Å². The third-order valence-electron chi connectivity index (χ3n) is 1.67. The standard InChI is InChI=1S/C13H17NO/c1-10(2)15-13-8-6-12(7-9-13)5-4-11(3)14/h6-11H,14H2,1-3H3. The Morgan fingerprint density at radius 2 is 1.73 bits per heavy atom. The van der Waals surface area contributed by atoms with Gasteiger partial charge >= 0.3 is 0 Å². The van der Waals surface area contributed by atoms with E-state index in [1.807, 2.05) is 45.0 Å². The maximum Gasteiger partial charge on any atom is 0.119 e. The zero-order valence-electron chi connectivity index (χ0n) is 9.45. The summed E-state index contributed by atoms with van der Waals surface area (Å²) in [4.78, 5) is 0. The molecule has 0 fully saturated rings. The van der Waals surface area contributed by atoms with Crippen LogP contribution in [0.2, 0.25) is 0 Å². The number of rotatable bonds is 2. The fourth-order valence-electron chi connectivity index (χ4n) is 1.09. The predicted octanol–water partition coefficient (Wildman–Crippen LogP) is 2.17. The summed E-state index contributed by atoms with van der Waals surface area (Å²) in [5.74, 6) is 6.77. The summed E-state index contributed by atoms with van der Waals surface area (Å²) < 4.78 is 5.52. The lowest BCUT2D eigenvalue weighted by molar-refractivity contribution is 0.242. The topological polar surface area (TPSA) is 35.2 Å². The number of hydrogen-bond acceptors (Lipinski definition) is 2. The van der Waals surface area contributed by atoms with Gasteiger partial charge in [0, 0.05) is 5.56 Å². The summed E-state index contributed by atoms with van der Waals surface area (Å²) in [6.07, 6.45) is 0.200. The molecular formula is C13H17NO. The molecule has 0 aliphatic heterocycles. The highest BCUT2D eigenvalue weighted by Gasteiger charge is 1.96. The molecule has 1 atom stereocenters. The molecular weight excluding hydrogens is 186 g/mol. The van der Waals surface area contributed by atoms with Crippen LogP contribution in [0.4, 0.5) is 0 Å². The van der Waals surface area contributed by atoms with Crippen LogP contribution in [-0.4, -0.2) is 12.1 Å². The van der Waals surface area contributed by atoms with Gasteiger partial charge in [0.2, 0.25) is 0 Å². The van der Waals surface area contributed by atoms with Gasteiger partial charge in [0.05, 0.1) is 12.1 Å². The molecule has 1 rings (SSSR count). The Bertz CT molecular complexity index is 354. The van der Waals surface area contributed by atoms with E-state index in [2.05, 4.69) is 11.8 Å². The van der Waals surface area contributed by atoms with Crippen LogP contribution in [-0.2, 0) is 0 Å². The van der Waals surface area contributed by atoms with Gasteiger partial charge in [-0.25, -0.2) is 0 Å². The largest absolute Gasteiger partial charge is 0.491 e.